The van der Waals surface area contributed by atoms with Gasteiger partial charge < -0.3 is 16.0 Å². The first kappa shape index (κ1) is 20.0. The van der Waals surface area contributed by atoms with Crippen molar-refractivity contribution in [3.05, 3.63) is 84.3 Å². The van der Waals surface area contributed by atoms with Crippen molar-refractivity contribution in [2.24, 2.45) is 0 Å². The van der Waals surface area contributed by atoms with Crippen LogP contribution in [0.1, 0.15) is 11.1 Å². The van der Waals surface area contributed by atoms with E-state index >= 15 is 0 Å². The number of halogens is 3. The number of nitrogens with one attached hydrogen (secondary N) is 3. The van der Waals surface area contributed by atoms with Gasteiger partial charge in [0.15, 0.2) is 0 Å². The Morgan fingerprint density at radius 3 is 2.44 bits per heavy atom. The van der Waals surface area contributed by atoms with E-state index < -0.39 is 6.55 Å². The highest BCUT2D eigenvalue weighted by molar-refractivity contribution is 6.08. The molecule has 0 aromatic heterocycles. The molecule has 0 radical (unpaired) electrons. The molecule has 140 valence electrons. The van der Waals surface area contributed by atoms with Crippen LogP contribution in [0.5, 0.6) is 0 Å². The van der Waals surface area contributed by atoms with Crippen LogP contribution in [0.4, 0.5) is 13.2 Å². The van der Waals surface area contributed by atoms with E-state index in [0.717, 1.165) is 23.4 Å². The molecule has 3 N–H and O–H groups in total. The van der Waals surface area contributed by atoms with E-state index in [0.29, 0.717) is 11.1 Å². The number of alkyl halides is 2. The second-order valence-corrected chi connectivity index (χ2v) is 5.52. The predicted octanol–water partition coefficient (Wildman–Crippen LogP) is 3.99. The fraction of sp³-hybridized carbons (Fsp3) is 0.100. The van der Waals surface area contributed by atoms with Crippen molar-refractivity contribution in [3.63, 3.8) is 0 Å². The number of hydrogen-bond acceptors (Lipinski definition) is 3. The van der Waals surface area contributed by atoms with Gasteiger partial charge in [0.25, 0.3) is 0 Å². The maximum absolute atomic E-state index is 13.1. The highest BCUT2D eigenvalue weighted by atomic mass is 19.3. The van der Waals surface area contributed by atoms with Crippen molar-refractivity contribution >= 4 is 11.6 Å². The normalized spacial score (nSPS) is 10.8. The second-order valence-electron chi connectivity index (χ2n) is 5.52. The summed E-state index contributed by atoms with van der Waals surface area (Å²) in [6, 6.07) is 11.0. The highest BCUT2D eigenvalue weighted by Crippen LogP contribution is 2.24. The molecule has 0 atom stereocenters. The van der Waals surface area contributed by atoms with Crippen molar-refractivity contribution < 1.29 is 18.0 Å². The number of carbonyl (C=O) groups excluding carboxylic acids is 1. The van der Waals surface area contributed by atoms with Gasteiger partial charge in [-0.3, -0.25) is 4.79 Å². The third-order valence-corrected chi connectivity index (χ3v) is 3.69. The van der Waals surface area contributed by atoms with Crippen molar-refractivity contribution in [2.75, 3.05) is 0 Å². The Morgan fingerprint density at radius 1 is 1.15 bits per heavy atom. The standard InChI is InChI=1S/C20H18F3N3O/c1-2-19(27)26-12-15-4-3-14(13-5-7-16(21)8-6-13)11-17(15)18(24)9-10-25-20(22)23/h2-11,20,24-25H,1,12H2,(H,26,27)/b10-9-,24-18?. The van der Waals surface area contributed by atoms with Crippen LogP contribution in [0.25, 0.3) is 11.1 Å². The largest absolute Gasteiger partial charge is 0.348 e. The van der Waals surface area contributed by atoms with Gasteiger partial charge in [0.05, 0.1) is 5.71 Å². The summed E-state index contributed by atoms with van der Waals surface area (Å²) in [5.41, 5.74) is 2.52. The predicted molar refractivity (Wildman–Crippen MR) is 99.0 cm³/mol. The van der Waals surface area contributed by atoms with E-state index in [-0.39, 0.29) is 24.0 Å². The molecule has 0 aliphatic carbocycles. The molecule has 0 aliphatic heterocycles. The van der Waals surface area contributed by atoms with Crippen molar-refractivity contribution in [2.45, 2.75) is 13.1 Å². The SMILES string of the molecule is C=CC(=O)NCc1ccc(-c2ccc(F)cc2)cc1C(=N)/C=C\NC(F)F. The summed E-state index contributed by atoms with van der Waals surface area (Å²) in [6.45, 7) is 0.784. The molecule has 0 bridgehead atoms. The molecule has 0 fully saturated rings. The van der Waals surface area contributed by atoms with Gasteiger partial charge in [-0.15, -0.1) is 0 Å². The Morgan fingerprint density at radius 2 is 1.81 bits per heavy atom. The lowest BCUT2D eigenvalue weighted by molar-refractivity contribution is -0.116. The molecule has 2 aromatic carbocycles. The van der Waals surface area contributed by atoms with Gasteiger partial charge in [-0.05, 0) is 47.0 Å². The van der Waals surface area contributed by atoms with E-state index in [9.17, 15) is 18.0 Å². The van der Waals surface area contributed by atoms with Crippen LogP contribution < -0.4 is 10.6 Å². The van der Waals surface area contributed by atoms with E-state index in [2.05, 4.69) is 11.9 Å². The molecule has 0 heterocycles. The van der Waals surface area contributed by atoms with Crippen LogP contribution in [0.2, 0.25) is 0 Å². The van der Waals surface area contributed by atoms with Crippen LogP contribution in [0.3, 0.4) is 0 Å². The summed E-state index contributed by atoms with van der Waals surface area (Å²) in [4.78, 5) is 11.4. The molecule has 0 saturated carbocycles. The number of allylic oxidation sites excluding steroid dienone is 1. The van der Waals surface area contributed by atoms with Crippen LogP contribution in [0, 0.1) is 11.2 Å². The Bertz CT molecular complexity index is 861. The maximum atomic E-state index is 13.1. The van der Waals surface area contributed by atoms with Crippen molar-refractivity contribution in [1.82, 2.24) is 10.6 Å². The van der Waals surface area contributed by atoms with Gasteiger partial charge in [-0.25, -0.2) is 4.39 Å². The fourth-order valence-electron chi connectivity index (χ4n) is 2.35. The maximum Gasteiger partial charge on any atom is 0.312 e. The van der Waals surface area contributed by atoms with Crippen LogP contribution in [-0.4, -0.2) is 18.2 Å². The van der Waals surface area contributed by atoms with E-state index in [4.69, 9.17) is 5.41 Å². The zero-order valence-corrected chi connectivity index (χ0v) is 14.3. The smallest absolute Gasteiger partial charge is 0.312 e. The molecule has 27 heavy (non-hydrogen) atoms. The lowest BCUT2D eigenvalue weighted by Gasteiger charge is -2.12. The quantitative estimate of drug-likeness (QED) is 0.372. The molecule has 0 saturated heterocycles. The topological polar surface area (TPSA) is 65.0 Å². The van der Waals surface area contributed by atoms with Crippen LogP contribution in [0.15, 0.2) is 67.4 Å². The molecule has 0 spiro atoms. The first-order chi connectivity index (χ1) is 12.9. The summed E-state index contributed by atoms with van der Waals surface area (Å²) in [6.07, 6.45) is 3.32. The van der Waals surface area contributed by atoms with E-state index in [1.807, 2.05) is 0 Å². The Balaban J connectivity index is 2.36. The van der Waals surface area contributed by atoms with Gasteiger partial charge in [0.2, 0.25) is 5.91 Å². The number of rotatable bonds is 8. The molecule has 7 heteroatoms. The van der Waals surface area contributed by atoms with Gasteiger partial charge in [-0.1, -0.05) is 30.8 Å². The first-order valence-electron chi connectivity index (χ1n) is 7.99. The fourth-order valence-corrected chi connectivity index (χ4v) is 2.35. The Labute approximate surface area is 154 Å². The number of benzene rings is 2. The summed E-state index contributed by atoms with van der Waals surface area (Å²) in [5, 5.41) is 12.6. The van der Waals surface area contributed by atoms with Gasteiger partial charge >= 0.3 is 6.55 Å². The highest BCUT2D eigenvalue weighted by Gasteiger charge is 2.10. The third kappa shape index (κ3) is 5.85. The number of carbonyl (C=O) groups is 1. The van der Waals surface area contributed by atoms with E-state index in [1.54, 1.807) is 35.6 Å². The lowest BCUT2D eigenvalue weighted by Crippen LogP contribution is -2.21. The minimum atomic E-state index is -2.73. The summed E-state index contributed by atoms with van der Waals surface area (Å²) < 4.78 is 37.6. The van der Waals surface area contributed by atoms with Crippen molar-refractivity contribution in [3.8, 4) is 11.1 Å². The second kappa shape index (κ2) is 9.38. The van der Waals surface area contributed by atoms with Crippen LogP contribution >= 0.6 is 0 Å². The minimum Gasteiger partial charge on any atom is -0.348 e. The van der Waals surface area contributed by atoms with Crippen molar-refractivity contribution in [1.29, 1.82) is 5.41 Å². The zero-order chi connectivity index (χ0) is 19.8. The molecule has 2 rings (SSSR count). The first-order valence-corrected chi connectivity index (χ1v) is 7.99. The Kier molecular flexibility index (Phi) is 6.93. The zero-order valence-electron chi connectivity index (χ0n) is 14.3. The Hall–Kier alpha value is -3.35. The third-order valence-electron chi connectivity index (χ3n) is 3.69. The monoisotopic (exact) mass is 373 g/mol. The average molecular weight is 373 g/mol. The van der Waals surface area contributed by atoms with Gasteiger partial charge in [-0.2, -0.15) is 8.78 Å². The molecular formula is C20H18F3N3O. The van der Waals surface area contributed by atoms with Gasteiger partial charge in [0, 0.05) is 18.3 Å². The number of hydrogen-bond donors (Lipinski definition) is 3. The van der Waals surface area contributed by atoms with E-state index in [1.165, 1.54) is 18.2 Å². The summed E-state index contributed by atoms with van der Waals surface area (Å²) in [5.74, 6) is -0.735. The van der Waals surface area contributed by atoms with Gasteiger partial charge in [0.1, 0.15) is 5.82 Å². The van der Waals surface area contributed by atoms with Crippen LogP contribution in [-0.2, 0) is 11.3 Å². The summed E-state index contributed by atoms with van der Waals surface area (Å²) in [7, 11) is 0. The minimum absolute atomic E-state index is 0.0186. The summed E-state index contributed by atoms with van der Waals surface area (Å²) >= 11 is 0. The molecular weight excluding hydrogens is 355 g/mol. The lowest BCUT2D eigenvalue weighted by atomic mass is 9.96. The molecule has 4 nitrogen and oxygen atoms in total. The average Bonchev–Trinajstić information content (AvgIpc) is 2.66. The molecule has 1 amide bonds. The molecule has 0 unspecified atom stereocenters. The number of amides is 1. The molecule has 0 aliphatic rings. The molecule has 2 aromatic rings.